The SMILES string of the molecule is CCCCCCCCCCCCCCCCCCOP(O)Oc1ccccc1CCCC. The smallest absolute Gasteiger partial charge is 0.394 e. The van der Waals surface area contributed by atoms with Crippen molar-refractivity contribution in [2.75, 3.05) is 6.61 Å². The van der Waals surface area contributed by atoms with E-state index in [1.807, 2.05) is 18.2 Å². The Hall–Kier alpha value is -0.630. The second kappa shape index (κ2) is 22.2. The van der Waals surface area contributed by atoms with Crippen LogP contribution in [-0.2, 0) is 10.9 Å². The standard InChI is InChI=1S/C28H51O3P/c1-3-5-7-8-9-10-11-12-13-14-15-16-17-18-19-22-26-30-32(29)31-28-25-21-20-24-27(28)23-6-4-2/h20-21,24-25,29H,3-19,22-23,26H2,1-2H3. The predicted molar refractivity (Wildman–Crippen MR) is 140 cm³/mol. The van der Waals surface area contributed by atoms with E-state index in [9.17, 15) is 4.89 Å². The maximum absolute atomic E-state index is 10.1. The Morgan fingerprint density at radius 1 is 0.625 bits per heavy atom. The van der Waals surface area contributed by atoms with E-state index in [4.69, 9.17) is 9.05 Å². The van der Waals surface area contributed by atoms with Crippen LogP contribution in [0.2, 0.25) is 0 Å². The molecule has 1 aromatic carbocycles. The number of unbranched alkanes of at least 4 members (excludes halogenated alkanes) is 16. The van der Waals surface area contributed by atoms with E-state index in [1.54, 1.807) is 0 Å². The van der Waals surface area contributed by atoms with E-state index in [2.05, 4.69) is 19.9 Å². The zero-order valence-electron chi connectivity index (χ0n) is 21.2. The summed E-state index contributed by atoms with van der Waals surface area (Å²) in [5, 5.41) is 0. The summed E-state index contributed by atoms with van der Waals surface area (Å²) >= 11 is 0. The Kier molecular flexibility index (Phi) is 20.4. The van der Waals surface area contributed by atoms with Crippen molar-refractivity contribution in [2.24, 2.45) is 0 Å². The summed E-state index contributed by atoms with van der Waals surface area (Å²) in [5.74, 6) is 0.765. The van der Waals surface area contributed by atoms with Gasteiger partial charge in [0.25, 0.3) is 0 Å². The van der Waals surface area contributed by atoms with E-state index in [0.717, 1.165) is 37.0 Å². The molecule has 1 unspecified atom stereocenters. The van der Waals surface area contributed by atoms with Gasteiger partial charge in [0.15, 0.2) is 0 Å². The van der Waals surface area contributed by atoms with Crippen LogP contribution in [0.15, 0.2) is 24.3 Å². The molecule has 1 rings (SSSR count). The molecule has 0 aliphatic rings. The van der Waals surface area contributed by atoms with Crippen LogP contribution in [0.1, 0.15) is 135 Å². The Morgan fingerprint density at radius 2 is 1.09 bits per heavy atom. The second-order valence-corrected chi connectivity index (χ2v) is 10.1. The van der Waals surface area contributed by atoms with Gasteiger partial charge in [0.05, 0.1) is 6.61 Å². The third-order valence-electron chi connectivity index (χ3n) is 6.15. The van der Waals surface area contributed by atoms with Crippen molar-refractivity contribution in [1.82, 2.24) is 0 Å². The minimum atomic E-state index is -1.83. The molecule has 4 heteroatoms. The average molecular weight is 467 g/mol. The molecule has 0 aliphatic heterocycles. The summed E-state index contributed by atoms with van der Waals surface area (Å²) in [6, 6.07) is 7.97. The number of hydrogen-bond acceptors (Lipinski definition) is 3. The Bertz CT molecular complexity index is 523. The van der Waals surface area contributed by atoms with E-state index in [-0.39, 0.29) is 0 Å². The van der Waals surface area contributed by atoms with Gasteiger partial charge >= 0.3 is 8.60 Å². The molecule has 3 nitrogen and oxygen atoms in total. The van der Waals surface area contributed by atoms with Gasteiger partial charge in [-0.25, -0.2) is 0 Å². The fraction of sp³-hybridized carbons (Fsp3) is 0.786. The Labute approximate surface area is 200 Å². The molecule has 0 heterocycles. The minimum Gasteiger partial charge on any atom is -0.427 e. The summed E-state index contributed by atoms with van der Waals surface area (Å²) in [6.45, 7) is 5.05. The summed E-state index contributed by atoms with van der Waals surface area (Å²) < 4.78 is 11.2. The lowest BCUT2D eigenvalue weighted by Crippen LogP contribution is -1.97. The van der Waals surface area contributed by atoms with Gasteiger partial charge in [0.2, 0.25) is 0 Å². The number of hydrogen-bond donors (Lipinski definition) is 1. The number of para-hydroxylation sites is 1. The lowest BCUT2D eigenvalue weighted by atomic mass is 10.0. The third kappa shape index (κ3) is 16.9. The molecule has 1 atom stereocenters. The van der Waals surface area contributed by atoms with Gasteiger partial charge in [-0.3, -0.25) is 0 Å². The van der Waals surface area contributed by atoms with Crippen molar-refractivity contribution in [3.63, 3.8) is 0 Å². The predicted octanol–water partition coefficient (Wildman–Crippen LogP) is 9.91. The van der Waals surface area contributed by atoms with Crippen molar-refractivity contribution < 1.29 is 13.9 Å². The molecule has 0 radical (unpaired) electrons. The van der Waals surface area contributed by atoms with Crippen molar-refractivity contribution in [3.05, 3.63) is 29.8 Å². The summed E-state index contributed by atoms with van der Waals surface area (Å²) in [4.78, 5) is 10.1. The minimum absolute atomic E-state index is 0.581. The summed E-state index contributed by atoms with van der Waals surface area (Å²) in [7, 11) is -1.83. The van der Waals surface area contributed by atoms with Gasteiger partial charge in [-0.2, -0.15) is 0 Å². The van der Waals surface area contributed by atoms with Crippen molar-refractivity contribution >= 4 is 8.60 Å². The van der Waals surface area contributed by atoms with E-state index in [1.165, 1.54) is 96.3 Å². The molecule has 1 N–H and O–H groups in total. The normalized spacial score (nSPS) is 12.2. The molecule has 186 valence electrons. The molecule has 32 heavy (non-hydrogen) atoms. The van der Waals surface area contributed by atoms with Crippen molar-refractivity contribution in [2.45, 2.75) is 136 Å². The number of rotatable bonds is 23. The molecule has 0 saturated carbocycles. The highest BCUT2D eigenvalue weighted by atomic mass is 31.2. The first-order valence-corrected chi connectivity index (χ1v) is 14.8. The Morgan fingerprint density at radius 3 is 1.62 bits per heavy atom. The maximum Gasteiger partial charge on any atom is 0.394 e. The van der Waals surface area contributed by atoms with Gasteiger partial charge in [0, 0.05) is 0 Å². The van der Waals surface area contributed by atoms with E-state index in [0.29, 0.717) is 6.61 Å². The van der Waals surface area contributed by atoms with E-state index < -0.39 is 8.60 Å². The summed E-state index contributed by atoms with van der Waals surface area (Å²) in [6.07, 6.45) is 25.0. The lowest BCUT2D eigenvalue weighted by molar-refractivity contribution is 0.253. The molecular weight excluding hydrogens is 415 g/mol. The highest BCUT2D eigenvalue weighted by Gasteiger charge is 2.11. The van der Waals surface area contributed by atoms with Crippen LogP contribution in [0, 0.1) is 0 Å². The first kappa shape index (κ1) is 29.4. The molecule has 1 aromatic rings. The summed E-state index contributed by atoms with van der Waals surface area (Å²) in [5.41, 5.74) is 1.15. The van der Waals surface area contributed by atoms with Gasteiger partial charge in [0.1, 0.15) is 5.75 Å². The average Bonchev–Trinajstić information content (AvgIpc) is 2.80. The van der Waals surface area contributed by atoms with Crippen LogP contribution in [0.5, 0.6) is 5.75 Å². The molecular formula is C28H51O3P. The van der Waals surface area contributed by atoms with Gasteiger partial charge < -0.3 is 13.9 Å². The molecule has 0 amide bonds. The fourth-order valence-electron chi connectivity index (χ4n) is 4.07. The number of aryl methyl sites for hydroxylation is 1. The van der Waals surface area contributed by atoms with Crippen LogP contribution in [0.25, 0.3) is 0 Å². The second-order valence-electron chi connectivity index (χ2n) is 9.18. The van der Waals surface area contributed by atoms with Crippen LogP contribution in [-0.4, -0.2) is 11.5 Å². The Balaban J connectivity index is 1.88. The van der Waals surface area contributed by atoms with Gasteiger partial charge in [-0.05, 0) is 30.9 Å². The van der Waals surface area contributed by atoms with Crippen molar-refractivity contribution in [1.29, 1.82) is 0 Å². The maximum atomic E-state index is 10.1. The first-order valence-electron chi connectivity index (χ1n) is 13.7. The fourth-order valence-corrected chi connectivity index (χ4v) is 4.75. The molecule has 0 aliphatic carbocycles. The molecule has 0 aromatic heterocycles. The van der Waals surface area contributed by atoms with Gasteiger partial charge in [-0.15, -0.1) is 0 Å². The van der Waals surface area contributed by atoms with Crippen LogP contribution in [0.4, 0.5) is 0 Å². The highest BCUT2D eigenvalue weighted by molar-refractivity contribution is 7.41. The van der Waals surface area contributed by atoms with Crippen LogP contribution >= 0.6 is 8.60 Å². The molecule has 0 spiro atoms. The third-order valence-corrected chi connectivity index (χ3v) is 6.90. The van der Waals surface area contributed by atoms with Gasteiger partial charge in [-0.1, -0.05) is 135 Å². The highest BCUT2D eigenvalue weighted by Crippen LogP contribution is 2.37. The van der Waals surface area contributed by atoms with Crippen LogP contribution in [0.3, 0.4) is 0 Å². The monoisotopic (exact) mass is 466 g/mol. The van der Waals surface area contributed by atoms with Crippen molar-refractivity contribution in [3.8, 4) is 5.75 Å². The molecule has 0 saturated heterocycles. The van der Waals surface area contributed by atoms with E-state index >= 15 is 0 Å². The topological polar surface area (TPSA) is 38.7 Å². The molecule has 0 fully saturated rings. The zero-order chi connectivity index (χ0) is 23.1. The first-order chi connectivity index (χ1) is 15.8. The zero-order valence-corrected chi connectivity index (χ0v) is 22.1. The number of benzene rings is 1. The largest absolute Gasteiger partial charge is 0.427 e. The lowest BCUT2D eigenvalue weighted by Gasteiger charge is -2.14. The quantitative estimate of drug-likeness (QED) is 0.129. The van der Waals surface area contributed by atoms with Crippen LogP contribution < -0.4 is 4.52 Å². The molecule has 0 bridgehead atoms.